The number of aryl methyl sites for hydroxylation is 1. The predicted octanol–water partition coefficient (Wildman–Crippen LogP) is 6.98. The number of piperidine rings is 1. The number of aliphatic carboxylic acids is 1. The standard InChI is InChI=1S/C28H36F3NO3/c1-2-19-4-8-22(9-5-19)35-24-11-7-21-16-20(6-10-23(21)26(24)28(29,30)31)12-14-27(17-25(33)34)13-3-15-32-18-27/h6-7,10-11,16,19,22,32H,2-5,8-9,12-15,17-18H2,1H3,(H,33,34)/t19-,22+,27-/m0/s1. The lowest BCUT2D eigenvalue weighted by atomic mass is 9.73. The molecule has 2 aliphatic rings. The zero-order valence-corrected chi connectivity index (χ0v) is 20.4. The molecule has 0 unspecified atom stereocenters. The van der Waals surface area contributed by atoms with E-state index >= 15 is 0 Å². The number of ether oxygens (including phenoxy) is 1. The Balaban J connectivity index is 1.55. The molecule has 1 saturated heterocycles. The summed E-state index contributed by atoms with van der Waals surface area (Å²) in [5.74, 6) is -0.241. The smallest absolute Gasteiger partial charge is 0.420 e. The largest absolute Gasteiger partial charge is 0.490 e. The van der Waals surface area contributed by atoms with Crippen LogP contribution < -0.4 is 10.1 Å². The Kier molecular flexibility index (Phi) is 7.94. The third-order valence-electron chi connectivity index (χ3n) is 8.03. The van der Waals surface area contributed by atoms with E-state index in [9.17, 15) is 23.1 Å². The number of fused-ring (bicyclic) bond motifs is 1. The summed E-state index contributed by atoms with van der Waals surface area (Å²) < 4.78 is 48.4. The number of hydrogen-bond acceptors (Lipinski definition) is 3. The van der Waals surface area contributed by atoms with Gasteiger partial charge in [-0.1, -0.05) is 37.6 Å². The first-order valence-electron chi connectivity index (χ1n) is 12.9. The van der Waals surface area contributed by atoms with E-state index in [2.05, 4.69) is 12.2 Å². The molecule has 1 saturated carbocycles. The highest BCUT2D eigenvalue weighted by Gasteiger charge is 2.38. The Labute approximate surface area is 205 Å². The number of carboxylic acid groups (broad SMARTS) is 1. The molecule has 35 heavy (non-hydrogen) atoms. The van der Waals surface area contributed by atoms with Crippen LogP contribution in [0.4, 0.5) is 13.2 Å². The number of nitrogens with one attached hydrogen (secondary N) is 1. The third kappa shape index (κ3) is 6.29. The number of hydrogen-bond donors (Lipinski definition) is 2. The molecule has 0 bridgehead atoms. The molecule has 2 fully saturated rings. The second-order valence-corrected chi connectivity index (χ2v) is 10.5. The zero-order chi connectivity index (χ0) is 25.1. The number of benzene rings is 2. The summed E-state index contributed by atoms with van der Waals surface area (Å²) in [7, 11) is 0. The van der Waals surface area contributed by atoms with Gasteiger partial charge in [0.15, 0.2) is 0 Å². The topological polar surface area (TPSA) is 58.6 Å². The van der Waals surface area contributed by atoms with E-state index in [4.69, 9.17) is 4.74 Å². The van der Waals surface area contributed by atoms with Crippen molar-refractivity contribution in [1.29, 1.82) is 0 Å². The first-order chi connectivity index (χ1) is 16.7. The van der Waals surface area contributed by atoms with Gasteiger partial charge < -0.3 is 15.2 Å². The van der Waals surface area contributed by atoms with Crippen LogP contribution in [0.3, 0.4) is 0 Å². The van der Waals surface area contributed by atoms with Crippen LogP contribution in [0.25, 0.3) is 10.8 Å². The van der Waals surface area contributed by atoms with E-state index in [1.54, 1.807) is 18.2 Å². The van der Waals surface area contributed by atoms with Crippen molar-refractivity contribution in [2.24, 2.45) is 11.3 Å². The maximum absolute atomic E-state index is 14.2. The van der Waals surface area contributed by atoms with E-state index in [1.807, 2.05) is 6.07 Å². The summed E-state index contributed by atoms with van der Waals surface area (Å²) in [6.07, 6.45) is 3.19. The third-order valence-corrected chi connectivity index (χ3v) is 8.03. The molecule has 1 aliphatic carbocycles. The number of rotatable bonds is 8. The van der Waals surface area contributed by atoms with Crippen molar-refractivity contribution in [2.75, 3.05) is 13.1 Å². The molecule has 0 spiro atoms. The first-order valence-corrected chi connectivity index (χ1v) is 12.9. The van der Waals surface area contributed by atoms with Crippen LogP contribution in [-0.4, -0.2) is 30.3 Å². The minimum absolute atomic E-state index is 0.0774. The Morgan fingerprint density at radius 2 is 1.94 bits per heavy atom. The Morgan fingerprint density at radius 1 is 1.17 bits per heavy atom. The molecular weight excluding hydrogens is 455 g/mol. The fourth-order valence-electron chi connectivity index (χ4n) is 5.96. The average Bonchev–Trinajstić information content (AvgIpc) is 2.82. The molecule has 2 N–H and O–H groups in total. The van der Waals surface area contributed by atoms with Crippen molar-refractivity contribution in [3.63, 3.8) is 0 Å². The summed E-state index contributed by atoms with van der Waals surface area (Å²) in [6, 6.07) is 8.30. The van der Waals surface area contributed by atoms with E-state index in [0.29, 0.717) is 30.7 Å². The highest BCUT2D eigenvalue weighted by atomic mass is 19.4. The molecule has 4 nitrogen and oxygen atoms in total. The van der Waals surface area contributed by atoms with Crippen LogP contribution in [-0.2, 0) is 17.4 Å². The van der Waals surface area contributed by atoms with Crippen LogP contribution in [0.15, 0.2) is 30.3 Å². The average molecular weight is 492 g/mol. The predicted molar refractivity (Wildman–Crippen MR) is 131 cm³/mol. The van der Waals surface area contributed by atoms with Gasteiger partial charge in [0, 0.05) is 6.54 Å². The summed E-state index contributed by atoms with van der Waals surface area (Å²) in [4.78, 5) is 11.5. The lowest BCUT2D eigenvalue weighted by Crippen LogP contribution is -2.41. The molecule has 192 valence electrons. The molecule has 1 atom stereocenters. The quantitative estimate of drug-likeness (QED) is 0.418. The highest BCUT2D eigenvalue weighted by Crippen LogP contribution is 2.43. The molecule has 0 aromatic heterocycles. The summed E-state index contributed by atoms with van der Waals surface area (Å²) in [6.45, 7) is 3.71. The van der Waals surface area contributed by atoms with E-state index in [0.717, 1.165) is 57.1 Å². The van der Waals surface area contributed by atoms with Crippen molar-refractivity contribution in [2.45, 2.75) is 83.4 Å². The van der Waals surface area contributed by atoms with Gasteiger partial charge in [0.1, 0.15) is 11.3 Å². The van der Waals surface area contributed by atoms with Gasteiger partial charge in [-0.05, 0) is 91.6 Å². The number of alkyl halides is 3. The second kappa shape index (κ2) is 10.8. The Bertz CT molecular complexity index is 1020. The van der Waals surface area contributed by atoms with Crippen LogP contribution in [0.1, 0.15) is 75.8 Å². The number of halogens is 3. The van der Waals surface area contributed by atoms with Gasteiger partial charge in [-0.25, -0.2) is 0 Å². The Hall–Kier alpha value is -2.28. The summed E-state index contributed by atoms with van der Waals surface area (Å²) in [5, 5.41) is 13.4. The van der Waals surface area contributed by atoms with Gasteiger partial charge in [-0.2, -0.15) is 13.2 Å². The van der Waals surface area contributed by atoms with E-state index < -0.39 is 17.7 Å². The van der Waals surface area contributed by atoms with Crippen molar-refractivity contribution < 1.29 is 27.8 Å². The normalized spacial score (nSPS) is 25.5. The first kappa shape index (κ1) is 25.8. The lowest BCUT2D eigenvalue weighted by molar-refractivity contribution is -0.140. The van der Waals surface area contributed by atoms with Crippen molar-refractivity contribution >= 4 is 16.7 Å². The molecular formula is C28H36F3NO3. The van der Waals surface area contributed by atoms with E-state index in [1.165, 1.54) is 6.07 Å². The van der Waals surface area contributed by atoms with Gasteiger partial charge in [0.2, 0.25) is 0 Å². The van der Waals surface area contributed by atoms with E-state index in [-0.39, 0.29) is 29.1 Å². The van der Waals surface area contributed by atoms with Crippen LogP contribution >= 0.6 is 0 Å². The minimum atomic E-state index is -4.52. The zero-order valence-electron chi connectivity index (χ0n) is 20.4. The fourth-order valence-corrected chi connectivity index (χ4v) is 5.96. The molecule has 0 amide bonds. The van der Waals surface area contributed by atoms with Crippen molar-refractivity contribution in [3.8, 4) is 5.75 Å². The fraction of sp³-hybridized carbons (Fsp3) is 0.607. The minimum Gasteiger partial charge on any atom is -0.490 e. The molecule has 2 aromatic rings. The van der Waals surface area contributed by atoms with Crippen molar-refractivity contribution in [3.05, 3.63) is 41.5 Å². The number of carbonyl (C=O) groups is 1. The molecule has 1 aliphatic heterocycles. The maximum atomic E-state index is 14.2. The lowest BCUT2D eigenvalue weighted by Gasteiger charge is -2.36. The number of carboxylic acids is 1. The molecule has 7 heteroatoms. The maximum Gasteiger partial charge on any atom is 0.420 e. The highest BCUT2D eigenvalue weighted by molar-refractivity contribution is 5.89. The van der Waals surface area contributed by atoms with Crippen LogP contribution in [0, 0.1) is 11.3 Å². The van der Waals surface area contributed by atoms with Gasteiger partial charge in [0.25, 0.3) is 0 Å². The van der Waals surface area contributed by atoms with Crippen molar-refractivity contribution in [1.82, 2.24) is 5.32 Å². The second-order valence-electron chi connectivity index (χ2n) is 10.5. The van der Waals surface area contributed by atoms with Gasteiger partial charge in [-0.3, -0.25) is 4.79 Å². The van der Waals surface area contributed by atoms with Gasteiger partial charge >= 0.3 is 12.1 Å². The Morgan fingerprint density at radius 3 is 2.57 bits per heavy atom. The van der Waals surface area contributed by atoms with Gasteiger partial charge in [-0.15, -0.1) is 0 Å². The monoisotopic (exact) mass is 491 g/mol. The molecule has 2 aromatic carbocycles. The van der Waals surface area contributed by atoms with Crippen LogP contribution in [0.2, 0.25) is 0 Å². The van der Waals surface area contributed by atoms with Crippen LogP contribution in [0.5, 0.6) is 5.75 Å². The molecule has 1 heterocycles. The summed E-state index contributed by atoms with van der Waals surface area (Å²) in [5.41, 5.74) is -0.0875. The molecule has 0 radical (unpaired) electrons. The summed E-state index contributed by atoms with van der Waals surface area (Å²) >= 11 is 0. The molecule has 4 rings (SSSR count). The van der Waals surface area contributed by atoms with Gasteiger partial charge in [0.05, 0.1) is 12.5 Å². The SMILES string of the molecule is CC[C@H]1CC[C@@H](Oc2ccc3cc(CC[C@]4(CC(=O)O)CCCNC4)ccc3c2C(F)(F)F)CC1.